The third-order valence-corrected chi connectivity index (χ3v) is 4.52. The van der Waals surface area contributed by atoms with Gasteiger partial charge in [-0.1, -0.05) is 0 Å². The lowest BCUT2D eigenvalue weighted by molar-refractivity contribution is -0.142. The van der Waals surface area contributed by atoms with Crippen molar-refractivity contribution in [3.8, 4) is 11.9 Å². The Labute approximate surface area is 180 Å². The smallest absolute Gasteiger partial charge is 0.420 e. The number of rotatable bonds is 4. The highest BCUT2D eigenvalue weighted by molar-refractivity contribution is 5.80. The third-order valence-electron chi connectivity index (χ3n) is 4.52. The van der Waals surface area contributed by atoms with E-state index in [0.29, 0.717) is 17.4 Å². The molecule has 0 unspecified atom stereocenters. The van der Waals surface area contributed by atoms with E-state index in [0.717, 1.165) is 0 Å². The topological polar surface area (TPSA) is 105 Å². The molecular weight excluding hydrogens is 456 g/mol. The number of nitrogens with zero attached hydrogens (tertiary/aromatic N) is 6. The molecule has 4 rings (SSSR count). The molecule has 1 N–H and O–H groups in total. The van der Waals surface area contributed by atoms with Crippen molar-refractivity contribution in [1.29, 1.82) is 5.26 Å². The molecule has 0 aliphatic heterocycles. The summed E-state index contributed by atoms with van der Waals surface area (Å²) in [5.74, 6) is 0.559. The Hall–Kier alpha value is -4.15. The number of fused-ring (bicyclic) bond motifs is 1. The van der Waals surface area contributed by atoms with Crippen LogP contribution >= 0.6 is 0 Å². The SMILES string of the molecule is C[C@H](Nc1nc2cc(C(F)(F)F)cc(C(F)(F)F)c2o1)c1ncnn1-c1ccc(C#N)cn1. The highest BCUT2D eigenvalue weighted by atomic mass is 19.4. The highest BCUT2D eigenvalue weighted by Gasteiger charge is 2.40. The van der Waals surface area contributed by atoms with Crippen molar-refractivity contribution in [2.24, 2.45) is 0 Å². The van der Waals surface area contributed by atoms with E-state index < -0.39 is 46.6 Å². The van der Waals surface area contributed by atoms with Crippen LogP contribution in [0.2, 0.25) is 0 Å². The fourth-order valence-electron chi connectivity index (χ4n) is 3.02. The van der Waals surface area contributed by atoms with Crippen LogP contribution in [0, 0.1) is 11.3 Å². The van der Waals surface area contributed by atoms with Crippen LogP contribution < -0.4 is 5.32 Å². The summed E-state index contributed by atoms with van der Waals surface area (Å²) in [5.41, 5.74) is -4.22. The molecule has 8 nitrogen and oxygen atoms in total. The highest BCUT2D eigenvalue weighted by Crippen LogP contribution is 2.41. The number of hydrogen-bond acceptors (Lipinski definition) is 7. The van der Waals surface area contributed by atoms with E-state index in [1.807, 2.05) is 6.07 Å². The minimum Gasteiger partial charge on any atom is -0.423 e. The van der Waals surface area contributed by atoms with E-state index in [4.69, 9.17) is 9.68 Å². The minimum absolute atomic E-state index is 0.0199. The van der Waals surface area contributed by atoms with Gasteiger partial charge in [-0.2, -0.15) is 46.4 Å². The Balaban J connectivity index is 1.69. The maximum absolute atomic E-state index is 13.4. The molecule has 0 spiro atoms. The number of oxazole rings is 1. The molecule has 1 aromatic carbocycles. The number of hydrogen-bond donors (Lipinski definition) is 1. The molecule has 4 aromatic rings. The third kappa shape index (κ3) is 4.29. The van der Waals surface area contributed by atoms with Crippen molar-refractivity contribution >= 4 is 17.1 Å². The number of halogens is 6. The van der Waals surface area contributed by atoms with Crippen LogP contribution in [-0.4, -0.2) is 24.7 Å². The number of nitriles is 1. The summed E-state index contributed by atoms with van der Waals surface area (Å²) >= 11 is 0. The summed E-state index contributed by atoms with van der Waals surface area (Å²) in [7, 11) is 0. The zero-order valence-electron chi connectivity index (χ0n) is 16.4. The molecule has 3 aromatic heterocycles. The van der Waals surface area contributed by atoms with Gasteiger partial charge in [0.15, 0.2) is 17.2 Å². The molecule has 0 bridgehead atoms. The molecule has 0 amide bonds. The molecule has 170 valence electrons. The number of anilines is 1. The van der Waals surface area contributed by atoms with E-state index >= 15 is 0 Å². The van der Waals surface area contributed by atoms with Gasteiger partial charge in [0, 0.05) is 6.20 Å². The van der Waals surface area contributed by atoms with Crippen LogP contribution in [0.1, 0.15) is 35.5 Å². The number of aromatic nitrogens is 5. The van der Waals surface area contributed by atoms with Crippen molar-refractivity contribution in [2.75, 3.05) is 5.32 Å². The first-order chi connectivity index (χ1) is 15.5. The van der Waals surface area contributed by atoms with Gasteiger partial charge in [-0.05, 0) is 31.2 Å². The lowest BCUT2D eigenvalue weighted by Crippen LogP contribution is -2.14. The molecule has 1 atom stereocenters. The number of alkyl halides is 6. The van der Waals surface area contributed by atoms with Crippen LogP contribution in [0.5, 0.6) is 0 Å². The van der Waals surface area contributed by atoms with Crippen molar-refractivity contribution in [3.63, 3.8) is 0 Å². The Kier molecular flexibility index (Phi) is 5.19. The molecular formula is C19H11F6N7O. The molecule has 33 heavy (non-hydrogen) atoms. The van der Waals surface area contributed by atoms with Crippen molar-refractivity contribution in [2.45, 2.75) is 25.3 Å². The van der Waals surface area contributed by atoms with Gasteiger partial charge in [0.1, 0.15) is 23.5 Å². The van der Waals surface area contributed by atoms with Gasteiger partial charge in [0.25, 0.3) is 6.01 Å². The quantitative estimate of drug-likeness (QED) is 0.426. The maximum atomic E-state index is 13.4. The fourth-order valence-corrected chi connectivity index (χ4v) is 3.02. The van der Waals surface area contributed by atoms with Gasteiger partial charge in [-0.15, -0.1) is 0 Å². The summed E-state index contributed by atoms with van der Waals surface area (Å²) in [4.78, 5) is 11.9. The van der Waals surface area contributed by atoms with Gasteiger partial charge < -0.3 is 9.73 Å². The van der Waals surface area contributed by atoms with Crippen LogP contribution in [0.3, 0.4) is 0 Å². The predicted molar refractivity (Wildman–Crippen MR) is 99.9 cm³/mol. The van der Waals surface area contributed by atoms with Crippen LogP contribution in [0.4, 0.5) is 32.4 Å². The van der Waals surface area contributed by atoms with E-state index in [9.17, 15) is 26.3 Å². The Morgan fingerprint density at radius 2 is 1.85 bits per heavy atom. The summed E-state index contributed by atoms with van der Waals surface area (Å²) < 4.78 is 85.7. The molecule has 0 fully saturated rings. The number of nitrogens with one attached hydrogen (secondary N) is 1. The van der Waals surface area contributed by atoms with Crippen LogP contribution in [0.25, 0.3) is 16.9 Å². The van der Waals surface area contributed by atoms with E-state index in [2.05, 4.69) is 25.4 Å². The van der Waals surface area contributed by atoms with Crippen LogP contribution in [0.15, 0.2) is 41.2 Å². The standard InChI is InChI=1S/C19H11F6N7O/c1-9(16-28-8-29-32(16)14-3-2-10(6-26)7-27-14)30-17-31-13-5-11(18(20,21)22)4-12(15(13)33-17)19(23,24)25/h2-5,7-9H,1H3,(H,30,31)/t9-/m0/s1. The average molecular weight is 467 g/mol. The van der Waals surface area contributed by atoms with Gasteiger partial charge >= 0.3 is 12.4 Å². The van der Waals surface area contributed by atoms with Gasteiger partial charge in [0.2, 0.25) is 0 Å². The molecule has 0 aliphatic carbocycles. The second kappa shape index (κ2) is 7.76. The van der Waals surface area contributed by atoms with Crippen LogP contribution in [-0.2, 0) is 12.4 Å². The molecule has 14 heteroatoms. The van der Waals surface area contributed by atoms with E-state index in [1.165, 1.54) is 29.3 Å². The largest absolute Gasteiger partial charge is 0.423 e. The van der Waals surface area contributed by atoms with Crippen molar-refractivity contribution in [1.82, 2.24) is 24.7 Å². The zero-order chi connectivity index (χ0) is 24.0. The summed E-state index contributed by atoms with van der Waals surface area (Å²) in [6.07, 6.45) is -7.57. The summed E-state index contributed by atoms with van der Waals surface area (Å²) in [6.45, 7) is 1.56. The monoisotopic (exact) mass is 467 g/mol. The first-order valence-electron chi connectivity index (χ1n) is 9.09. The van der Waals surface area contributed by atoms with Crippen molar-refractivity contribution < 1.29 is 30.8 Å². The Morgan fingerprint density at radius 3 is 2.45 bits per heavy atom. The first kappa shape index (κ1) is 22.1. The van der Waals surface area contributed by atoms with Gasteiger partial charge in [-0.25, -0.2) is 9.97 Å². The average Bonchev–Trinajstić information content (AvgIpc) is 3.38. The second-order valence-electron chi connectivity index (χ2n) is 6.80. The minimum atomic E-state index is -5.09. The number of pyridine rings is 1. The second-order valence-corrected chi connectivity index (χ2v) is 6.80. The molecule has 0 radical (unpaired) electrons. The lowest BCUT2D eigenvalue weighted by Gasteiger charge is -2.12. The number of benzene rings is 1. The lowest BCUT2D eigenvalue weighted by atomic mass is 10.1. The first-order valence-corrected chi connectivity index (χ1v) is 9.09. The molecule has 0 aliphatic rings. The van der Waals surface area contributed by atoms with Gasteiger partial charge in [-0.3, -0.25) is 0 Å². The molecule has 0 saturated heterocycles. The Morgan fingerprint density at radius 1 is 1.09 bits per heavy atom. The van der Waals surface area contributed by atoms with Crippen molar-refractivity contribution in [3.05, 3.63) is 59.3 Å². The molecule has 3 heterocycles. The molecule has 0 saturated carbocycles. The summed E-state index contributed by atoms with van der Waals surface area (Å²) in [6, 6.07) is 4.20. The van der Waals surface area contributed by atoms with E-state index in [1.54, 1.807) is 6.92 Å². The maximum Gasteiger partial charge on any atom is 0.420 e. The van der Waals surface area contributed by atoms with E-state index in [-0.39, 0.29) is 11.9 Å². The zero-order valence-corrected chi connectivity index (χ0v) is 16.4. The Bertz CT molecular complexity index is 1350. The normalized spacial score (nSPS) is 13.2. The fraction of sp³-hybridized carbons (Fsp3) is 0.211. The summed E-state index contributed by atoms with van der Waals surface area (Å²) in [5, 5.41) is 15.6. The predicted octanol–water partition coefficient (Wildman–Crippen LogP) is 4.89. The van der Waals surface area contributed by atoms with Gasteiger partial charge in [0.05, 0.1) is 17.2 Å².